The second-order valence-electron chi connectivity index (χ2n) is 14.4. The molecule has 3 aromatic carbocycles. The highest BCUT2D eigenvalue weighted by atomic mass is 31.2. The Morgan fingerprint density at radius 1 is 0.965 bits per heavy atom. The summed E-state index contributed by atoms with van der Waals surface area (Å²) >= 11 is 0. The van der Waals surface area contributed by atoms with Crippen LogP contribution in [-0.2, 0) is 28.9 Å². The lowest BCUT2D eigenvalue weighted by molar-refractivity contribution is -0.202. The van der Waals surface area contributed by atoms with Crippen molar-refractivity contribution >= 4 is 25.5 Å². The van der Waals surface area contributed by atoms with Gasteiger partial charge in [-0.05, 0) is 68.7 Å². The highest BCUT2D eigenvalue weighted by molar-refractivity contribution is 7.44. The molecule has 0 saturated carbocycles. The summed E-state index contributed by atoms with van der Waals surface area (Å²) in [5.74, 6) is 1.28. The zero-order valence-corrected chi connectivity index (χ0v) is 33.6. The fraction of sp³-hybridized carbons (Fsp3) is 0.415. The number of anilines is 1. The number of nitriles is 1. The number of aromatic nitrogens is 4. The van der Waals surface area contributed by atoms with Crippen LogP contribution in [0.1, 0.15) is 57.0 Å². The Kier molecular flexibility index (Phi) is 12.0. The van der Waals surface area contributed by atoms with Crippen molar-refractivity contribution in [2.45, 2.75) is 75.8 Å². The molecular weight excluding hydrogens is 752 g/mol. The maximum Gasteiger partial charge on any atom is 0.312 e. The van der Waals surface area contributed by atoms with Crippen LogP contribution in [-0.4, -0.2) is 88.1 Å². The summed E-state index contributed by atoms with van der Waals surface area (Å²) in [5, 5.41) is 9.41. The minimum atomic E-state index is -1.77. The van der Waals surface area contributed by atoms with E-state index in [1.165, 1.54) is 6.33 Å². The van der Waals surface area contributed by atoms with Gasteiger partial charge in [0.1, 0.15) is 34.9 Å². The molecule has 2 saturated heterocycles. The van der Waals surface area contributed by atoms with E-state index in [0.717, 1.165) is 16.7 Å². The van der Waals surface area contributed by atoms with Crippen LogP contribution < -0.4 is 15.2 Å². The van der Waals surface area contributed by atoms with Gasteiger partial charge >= 0.3 is 6.08 Å². The molecule has 4 heterocycles. The van der Waals surface area contributed by atoms with Crippen LogP contribution in [0.3, 0.4) is 0 Å². The first-order valence-electron chi connectivity index (χ1n) is 18.7. The van der Waals surface area contributed by atoms with Gasteiger partial charge < -0.3 is 38.5 Å². The van der Waals surface area contributed by atoms with E-state index in [-0.39, 0.29) is 55.3 Å². The highest BCUT2D eigenvalue weighted by Gasteiger charge is 2.65. The number of imidazole rings is 1. The zero-order chi connectivity index (χ0) is 40.3. The van der Waals surface area contributed by atoms with Crippen LogP contribution >= 0.6 is 8.53 Å². The van der Waals surface area contributed by atoms with Crippen molar-refractivity contribution in [3.63, 3.8) is 0 Å². The SMILES string of the molecule is COc1ccc(C(OC[C@@]23CO[C@@H]([C@H](n4cnc5c(N)nc(F)nc54)O2)[C@@H]3OP(OCCC#N)N(C(C)C)C(C)C)(c2ccccc2)c2ccc(OC)cc2)cc1. The first kappa shape index (κ1) is 40.4. The van der Waals surface area contributed by atoms with Gasteiger partial charge in [0, 0.05) is 12.1 Å². The Balaban J connectivity index is 1.36. The van der Waals surface area contributed by atoms with Crippen LogP contribution in [0.4, 0.5) is 10.2 Å². The summed E-state index contributed by atoms with van der Waals surface area (Å²) in [6.45, 7) is 8.49. The van der Waals surface area contributed by atoms with Gasteiger partial charge in [0.05, 0.1) is 52.9 Å². The van der Waals surface area contributed by atoms with E-state index < -0.39 is 44.2 Å². The van der Waals surface area contributed by atoms with Gasteiger partial charge in [0.2, 0.25) is 0 Å². The molecule has 2 bridgehead atoms. The van der Waals surface area contributed by atoms with Gasteiger partial charge in [-0.2, -0.15) is 19.6 Å². The molecule has 7 rings (SSSR count). The Hall–Kier alpha value is -4.78. The number of methoxy groups -OCH3 is 2. The van der Waals surface area contributed by atoms with E-state index in [9.17, 15) is 9.65 Å². The van der Waals surface area contributed by atoms with Gasteiger partial charge in [-0.1, -0.05) is 54.6 Å². The molecule has 5 atom stereocenters. The van der Waals surface area contributed by atoms with E-state index in [4.69, 9.17) is 38.5 Å². The first-order valence-corrected chi connectivity index (χ1v) is 19.9. The Morgan fingerprint density at radius 3 is 2.16 bits per heavy atom. The normalized spacial score (nSPS) is 21.1. The van der Waals surface area contributed by atoms with Gasteiger partial charge in [0.25, 0.3) is 8.53 Å². The molecule has 5 aromatic rings. The van der Waals surface area contributed by atoms with Crippen LogP contribution in [0, 0.1) is 17.4 Å². The van der Waals surface area contributed by atoms with Crippen molar-refractivity contribution < 1.29 is 37.1 Å². The summed E-state index contributed by atoms with van der Waals surface area (Å²) in [7, 11) is 1.48. The lowest BCUT2D eigenvalue weighted by Crippen LogP contribution is -2.49. The van der Waals surface area contributed by atoms with Crippen LogP contribution in [0.15, 0.2) is 85.2 Å². The molecular formula is C41H47FN7O7P. The maximum atomic E-state index is 14.7. The fourth-order valence-electron chi connectivity index (χ4n) is 7.67. The second kappa shape index (κ2) is 17.0. The molecule has 2 aliphatic rings. The van der Waals surface area contributed by atoms with Crippen LogP contribution in [0.25, 0.3) is 11.2 Å². The quantitative estimate of drug-likeness (QED) is 0.0448. The molecule has 1 unspecified atom stereocenters. The molecule has 0 amide bonds. The number of hydrogen-bond acceptors (Lipinski definition) is 13. The van der Waals surface area contributed by atoms with Gasteiger partial charge in [-0.25, -0.2) is 9.65 Å². The Bertz CT molecular complexity index is 2120. The summed E-state index contributed by atoms with van der Waals surface area (Å²) in [4.78, 5) is 12.1. The van der Waals surface area contributed by atoms with Crippen molar-refractivity contribution in [2.24, 2.45) is 0 Å². The Morgan fingerprint density at radius 2 is 1.58 bits per heavy atom. The van der Waals surface area contributed by atoms with Gasteiger partial charge in [-0.3, -0.25) is 4.57 Å². The van der Waals surface area contributed by atoms with Crippen molar-refractivity contribution in [3.8, 4) is 17.6 Å². The topological polar surface area (TPSA) is 161 Å². The predicted octanol–water partition coefficient (Wildman–Crippen LogP) is 6.90. The molecule has 0 radical (unpaired) electrons. The highest BCUT2D eigenvalue weighted by Crippen LogP contribution is 2.56. The lowest BCUT2D eigenvalue weighted by atomic mass is 9.79. The van der Waals surface area contributed by atoms with Crippen molar-refractivity contribution in [2.75, 3.05) is 39.8 Å². The minimum absolute atomic E-state index is 0.0261. The van der Waals surface area contributed by atoms with E-state index in [1.54, 1.807) is 18.8 Å². The van der Waals surface area contributed by atoms with Crippen LogP contribution in [0.2, 0.25) is 0 Å². The molecule has 2 N–H and O–H groups in total. The van der Waals surface area contributed by atoms with Crippen molar-refractivity contribution in [1.82, 2.24) is 24.2 Å². The first-order chi connectivity index (χ1) is 27.5. The van der Waals surface area contributed by atoms with Gasteiger partial charge in [-0.15, -0.1) is 0 Å². The molecule has 0 aliphatic carbocycles. The number of ether oxygens (including phenoxy) is 5. The molecule has 2 fully saturated rings. The van der Waals surface area contributed by atoms with E-state index in [1.807, 2.05) is 78.9 Å². The number of benzene rings is 3. The van der Waals surface area contributed by atoms with Gasteiger partial charge in [0.15, 0.2) is 23.2 Å². The molecule has 2 aliphatic heterocycles. The molecule has 16 heteroatoms. The van der Waals surface area contributed by atoms with E-state index >= 15 is 0 Å². The molecule has 0 spiro atoms. The monoisotopic (exact) mass is 799 g/mol. The average Bonchev–Trinajstić information content (AvgIpc) is 3.88. The third-order valence-corrected chi connectivity index (χ3v) is 12.4. The summed E-state index contributed by atoms with van der Waals surface area (Å²) in [6.07, 6.45) is -1.74. The predicted molar refractivity (Wildman–Crippen MR) is 211 cm³/mol. The van der Waals surface area contributed by atoms with Crippen LogP contribution in [0.5, 0.6) is 11.5 Å². The summed E-state index contributed by atoms with van der Waals surface area (Å²) in [5.41, 5.74) is 6.50. The number of fused-ring (bicyclic) bond motifs is 3. The Labute approximate surface area is 332 Å². The summed E-state index contributed by atoms with van der Waals surface area (Å²) < 4.78 is 64.0. The third-order valence-electron chi connectivity index (χ3n) is 10.2. The zero-order valence-electron chi connectivity index (χ0n) is 32.7. The minimum Gasteiger partial charge on any atom is -0.497 e. The molecule has 2 aromatic heterocycles. The maximum absolute atomic E-state index is 14.7. The van der Waals surface area contributed by atoms with E-state index in [0.29, 0.717) is 11.5 Å². The molecule has 57 heavy (non-hydrogen) atoms. The number of halogens is 1. The third kappa shape index (κ3) is 7.67. The van der Waals surface area contributed by atoms with Crippen molar-refractivity contribution in [3.05, 3.63) is 108 Å². The number of nitrogens with two attached hydrogens (primary N) is 1. The fourth-order valence-corrected chi connectivity index (χ4v) is 9.48. The number of nitrogen functional groups attached to an aromatic ring is 1. The van der Waals surface area contributed by atoms with E-state index in [2.05, 4.69) is 53.4 Å². The summed E-state index contributed by atoms with van der Waals surface area (Å²) in [6, 6.07) is 27.7. The largest absolute Gasteiger partial charge is 0.497 e. The number of nitrogens with zero attached hydrogens (tertiary/aromatic N) is 6. The average molecular weight is 800 g/mol. The van der Waals surface area contributed by atoms with Crippen molar-refractivity contribution in [1.29, 1.82) is 5.26 Å². The molecule has 14 nitrogen and oxygen atoms in total. The standard InChI is InChI=1S/C41H47FN7O7P/c1-26(2)49(27(3)4)57(54-22-10-21-43)56-35-34-38(48-25-45-33-36(44)46-39(42)47-37(33)48)55-40(35,23-52-34)24-53-41(28-11-8-7-9-12-28,29-13-17-31(50-5)18-14-29)30-15-19-32(51-6)20-16-30/h7-9,11-20,25-27,34-35,38H,10,22-24H2,1-6H3,(H2,44,46,47)/t34-,35+,38-,40-,57?/m1/s1. The molecule has 300 valence electrons. The number of hydrogen-bond donors (Lipinski definition) is 1. The lowest BCUT2D eigenvalue weighted by Gasteiger charge is -2.41. The second-order valence-corrected chi connectivity index (χ2v) is 15.8. The number of rotatable bonds is 17. The smallest absolute Gasteiger partial charge is 0.312 e.